The van der Waals surface area contributed by atoms with Gasteiger partial charge < -0.3 is 10.6 Å². The fraction of sp³-hybridized carbons (Fsp3) is 0.250. The lowest BCUT2D eigenvalue weighted by atomic mass is 10.1. The van der Waals surface area contributed by atoms with Crippen LogP contribution >= 0.6 is 0 Å². The summed E-state index contributed by atoms with van der Waals surface area (Å²) in [7, 11) is 0. The van der Waals surface area contributed by atoms with Crippen molar-refractivity contribution in [1.29, 1.82) is 5.41 Å². The zero-order valence-electron chi connectivity index (χ0n) is 14.6. The van der Waals surface area contributed by atoms with Gasteiger partial charge in [-0.2, -0.15) is 5.10 Å². The Balaban J connectivity index is 1.94. The molecule has 0 saturated carbocycles. The van der Waals surface area contributed by atoms with Crippen molar-refractivity contribution in [3.8, 4) is 0 Å². The Bertz CT molecular complexity index is 780. The molecule has 0 spiro atoms. The van der Waals surface area contributed by atoms with E-state index in [4.69, 9.17) is 16.2 Å². The quantitative estimate of drug-likeness (QED) is 0.376. The second-order valence-electron chi connectivity index (χ2n) is 6.29. The van der Waals surface area contributed by atoms with Gasteiger partial charge in [-0.15, -0.1) is 0 Å². The number of likely N-dealkylation sites (tertiary alicyclic amines) is 1. The highest BCUT2D eigenvalue weighted by molar-refractivity contribution is 5.99. The molecule has 0 aromatic heterocycles. The largest absolute Gasteiger partial charge is 0.369 e. The molecule has 1 fully saturated rings. The summed E-state index contributed by atoms with van der Waals surface area (Å²) in [6.45, 7) is 2.27. The molecule has 0 unspecified atom stereocenters. The first-order valence-corrected chi connectivity index (χ1v) is 8.72. The zero-order chi connectivity index (χ0) is 18.4. The van der Waals surface area contributed by atoms with Crippen LogP contribution < -0.4 is 5.73 Å². The van der Waals surface area contributed by atoms with Crippen LogP contribution in [0.15, 0.2) is 59.7 Å². The first-order valence-electron chi connectivity index (χ1n) is 8.72. The molecule has 134 valence electrons. The van der Waals surface area contributed by atoms with E-state index in [1.54, 1.807) is 12.1 Å². The summed E-state index contributed by atoms with van der Waals surface area (Å²) in [4.78, 5) is 13.1. The Morgan fingerprint density at radius 2 is 1.77 bits per heavy atom. The van der Waals surface area contributed by atoms with Crippen molar-refractivity contribution in [1.82, 2.24) is 9.91 Å². The molecule has 0 atom stereocenters. The molecule has 0 aliphatic carbocycles. The standard InChI is InChI=1S/C20H23N5O/c21-20(22)25(14-16-6-2-1-3-7-16)23-19(24-12-4-5-13-24)18-10-8-17(15-26)9-11-18/h1-3,6-11,15H,4-5,12-14H2,(H3,21,22). The number of hydrogen-bond acceptors (Lipinski definition) is 3. The maximum Gasteiger partial charge on any atom is 0.209 e. The first kappa shape index (κ1) is 17.7. The fourth-order valence-corrected chi connectivity index (χ4v) is 2.99. The van der Waals surface area contributed by atoms with E-state index in [1.165, 1.54) is 5.01 Å². The predicted molar refractivity (Wildman–Crippen MR) is 103 cm³/mol. The zero-order valence-corrected chi connectivity index (χ0v) is 14.6. The molecule has 6 nitrogen and oxygen atoms in total. The molecule has 1 saturated heterocycles. The summed E-state index contributed by atoms with van der Waals surface area (Å²) >= 11 is 0. The van der Waals surface area contributed by atoms with Gasteiger partial charge in [0.15, 0.2) is 5.84 Å². The highest BCUT2D eigenvalue weighted by atomic mass is 16.1. The molecule has 0 radical (unpaired) electrons. The van der Waals surface area contributed by atoms with E-state index in [0.717, 1.165) is 49.2 Å². The Morgan fingerprint density at radius 3 is 2.35 bits per heavy atom. The van der Waals surface area contributed by atoms with E-state index >= 15 is 0 Å². The van der Waals surface area contributed by atoms with Crippen molar-refractivity contribution in [2.45, 2.75) is 19.4 Å². The van der Waals surface area contributed by atoms with Crippen LogP contribution in [0.25, 0.3) is 0 Å². The molecular weight excluding hydrogens is 326 g/mol. The molecule has 0 amide bonds. The predicted octanol–water partition coefficient (Wildman–Crippen LogP) is 2.65. The van der Waals surface area contributed by atoms with Crippen LogP contribution in [0.1, 0.15) is 34.3 Å². The van der Waals surface area contributed by atoms with Gasteiger partial charge in [0.2, 0.25) is 5.96 Å². The van der Waals surface area contributed by atoms with E-state index in [-0.39, 0.29) is 5.96 Å². The van der Waals surface area contributed by atoms with Crippen LogP contribution in [0.5, 0.6) is 0 Å². The Labute approximate surface area is 153 Å². The maximum atomic E-state index is 10.9. The van der Waals surface area contributed by atoms with Crippen molar-refractivity contribution >= 4 is 18.1 Å². The van der Waals surface area contributed by atoms with Crippen molar-refractivity contribution < 1.29 is 4.79 Å². The van der Waals surface area contributed by atoms with Crippen LogP contribution in [0.4, 0.5) is 0 Å². The SMILES string of the molecule is N=C(N)N(Cc1ccccc1)N=C(c1ccc(C=O)cc1)N1CCCC1. The monoisotopic (exact) mass is 349 g/mol. The Kier molecular flexibility index (Phi) is 5.63. The second kappa shape index (κ2) is 8.29. The smallest absolute Gasteiger partial charge is 0.209 e. The third-order valence-electron chi connectivity index (χ3n) is 4.38. The number of hydrogen-bond donors (Lipinski definition) is 2. The molecule has 1 heterocycles. The van der Waals surface area contributed by atoms with Crippen LogP contribution in [0.2, 0.25) is 0 Å². The molecule has 2 aromatic rings. The summed E-state index contributed by atoms with van der Waals surface area (Å²) in [5, 5.41) is 14.2. The van der Waals surface area contributed by atoms with E-state index in [1.807, 2.05) is 42.5 Å². The Morgan fingerprint density at radius 1 is 1.12 bits per heavy atom. The normalized spacial score (nSPS) is 14.3. The van der Waals surface area contributed by atoms with E-state index < -0.39 is 0 Å². The van der Waals surface area contributed by atoms with Crippen LogP contribution in [-0.2, 0) is 6.54 Å². The number of nitrogens with zero attached hydrogens (tertiary/aromatic N) is 3. The highest BCUT2D eigenvalue weighted by Crippen LogP contribution is 2.16. The number of aldehydes is 1. The minimum atomic E-state index is -0.102. The highest BCUT2D eigenvalue weighted by Gasteiger charge is 2.20. The lowest BCUT2D eigenvalue weighted by molar-refractivity contribution is 0.112. The number of carbonyl (C=O) groups is 1. The van der Waals surface area contributed by atoms with Crippen molar-refractivity contribution in [3.63, 3.8) is 0 Å². The topological polar surface area (TPSA) is 85.8 Å². The van der Waals surface area contributed by atoms with Crippen LogP contribution in [0.3, 0.4) is 0 Å². The van der Waals surface area contributed by atoms with Crippen molar-refractivity contribution in [2.24, 2.45) is 10.8 Å². The van der Waals surface area contributed by atoms with Gasteiger partial charge in [-0.25, -0.2) is 5.01 Å². The third-order valence-corrected chi connectivity index (χ3v) is 4.38. The van der Waals surface area contributed by atoms with E-state index in [9.17, 15) is 4.79 Å². The van der Waals surface area contributed by atoms with E-state index in [0.29, 0.717) is 12.1 Å². The summed E-state index contributed by atoms with van der Waals surface area (Å²) in [5.74, 6) is 0.682. The van der Waals surface area contributed by atoms with Gasteiger partial charge in [-0.1, -0.05) is 54.6 Å². The molecule has 3 N–H and O–H groups in total. The second-order valence-corrected chi connectivity index (χ2v) is 6.29. The molecule has 2 aromatic carbocycles. The van der Waals surface area contributed by atoms with Crippen LogP contribution in [-0.4, -0.2) is 41.1 Å². The first-order chi connectivity index (χ1) is 12.7. The summed E-state index contributed by atoms with van der Waals surface area (Å²) < 4.78 is 0. The summed E-state index contributed by atoms with van der Waals surface area (Å²) in [6.07, 6.45) is 3.06. The van der Waals surface area contributed by atoms with Gasteiger partial charge in [-0.05, 0) is 18.4 Å². The van der Waals surface area contributed by atoms with Gasteiger partial charge in [0.05, 0.1) is 6.54 Å². The number of rotatable bonds is 5. The number of benzene rings is 2. The van der Waals surface area contributed by atoms with Gasteiger partial charge in [-0.3, -0.25) is 10.2 Å². The molecule has 1 aliphatic heterocycles. The maximum absolute atomic E-state index is 10.9. The molecule has 26 heavy (non-hydrogen) atoms. The van der Waals surface area contributed by atoms with Crippen molar-refractivity contribution in [3.05, 3.63) is 71.3 Å². The number of nitrogens with one attached hydrogen (secondary N) is 1. The van der Waals surface area contributed by atoms with Gasteiger partial charge in [0, 0.05) is 24.2 Å². The van der Waals surface area contributed by atoms with E-state index in [2.05, 4.69) is 4.90 Å². The van der Waals surface area contributed by atoms with Gasteiger partial charge >= 0.3 is 0 Å². The molecule has 1 aliphatic rings. The number of guanidine groups is 1. The lowest BCUT2D eigenvalue weighted by Crippen LogP contribution is -2.37. The third kappa shape index (κ3) is 4.27. The number of hydrazone groups is 1. The average Bonchev–Trinajstić information content (AvgIpc) is 3.20. The fourth-order valence-electron chi connectivity index (χ4n) is 2.99. The van der Waals surface area contributed by atoms with Gasteiger partial charge in [0.1, 0.15) is 6.29 Å². The number of carbonyl (C=O) groups excluding carboxylic acids is 1. The molecular formula is C20H23N5O. The number of amidine groups is 1. The van der Waals surface area contributed by atoms with Crippen molar-refractivity contribution in [2.75, 3.05) is 13.1 Å². The molecule has 0 bridgehead atoms. The average molecular weight is 349 g/mol. The number of nitrogens with two attached hydrogens (primary N) is 1. The van der Waals surface area contributed by atoms with Gasteiger partial charge in [0.25, 0.3) is 0 Å². The lowest BCUT2D eigenvalue weighted by Gasteiger charge is -2.25. The minimum Gasteiger partial charge on any atom is -0.369 e. The summed E-state index contributed by atoms with van der Waals surface area (Å²) in [5.41, 5.74) is 8.36. The molecule has 3 rings (SSSR count). The summed E-state index contributed by atoms with van der Waals surface area (Å²) in [6, 6.07) is 17.2. The Hall–Kier alpha value is -3.15. The molecule has 6 heteroatoms. The van der Waals surface area contributed by atoms with Crippen LogP contribution in [0, 0.1) is 5.41 Å². The minimum absolute atomic E-state index is 0.102.